The van der Waals surface area contributed by atoms with E-state index in [-0.39, 0.29) is 17.9 Å². The van der Waals surface area contributed by atoms with Gasteiger partial charge in [-0.05, 0) is 12.1 Å². The summed E-state index contributed by atoms with van der Waals surface area (Å²) in [7, 11) is 1.10. The van der Waals surface area contributed by atoms with Gasteiger partial charge >= 0.3 is 6.18 Å². The molecule has 0 unspecified atom stereocenters. The monoisotopic (exact) mass is 266 g/mol. The van der Waals surface area contributed by atoms with E-state index in [9.17, 15) is 18.0 Å². The number of hydrogen-bond donors (Lipinski definition) is 0. The summed E-state index contributed by atoms with van der Waals surface area (Å²) < 4.78 is 42.6. The van der Waals surface area contributed by atoms with Gasteiger partial charge in [0.15, 0.2) is 5.78 Å². The fourth-order valence-electron chi connectivity index (χ4n) is 1.42. The molecule has 0 N–H and O–H groups in total. The summed E-state index contributed by atoms with van der Waals surface area (Å²) in [6.45, 7) is 0. The van der Waals surface area contributed by atoms with Crippen molar-refractivity contribution in [1.29, 1.82) is 0 Å². The molecule has 0 amide bonds. The Hall–Kier alpha value is -1.23. The van der Waals surface area contributed by atoms with Gasteiger partial charge in [-0.25, -0.2) is 0 Å². The first-order valence-electron chi connectivity index (χ1n) is 4.75. The third kappa shape index (κ3) is 3.12. The van der Waals surface area contributed by atoms with Crippen LogP contribution in [-0.2, 0) is 6.18 Å². The minimum Gasteiger partial charge on any atom is -0.495 e. The van der Waals surface area contributed by atoms with Gasteiger partial charge in [0.1, 0.15) is 5.75 Å². The van der Waals surface area contributed by atoms with Crippen LogP contribution in [0.25, 0.3) is 0 Å². The van der Waals surface area contributed by atoms with Crippen molar-refractivity contribution in [3.8, 4) is 5.75 Å². The molecule has 0 aliphatic carbocycles. The summed E-state index contributed by atoms with van der Waals surface area (Å²) in [5.74, 6) is -0.865. The van der Waals surface area contributed by atoms with E-state index in [1.54, 1.807) is 0 Å². The number of ether oxygens (including phenoxy) is 1. The van der Waals surface area contributed by atoms with Crippen LogP contribution in [-0.4, -0.2) is 18.8 Å². The van der Waals surface area contributed by atoms with Gasteiger partial charge in [-0.3, -0.25) is 4.79 Å². The Balaban J connectivity index is 3.29. The fourth-order valence-corrected chi connectivity index (χ4v) is 1.59. The summed E-state index contributed by atoms with van der Waals surface area (Å²) in [6.07, 6.45) is -4.58. The summed E-state index contributed by atoms with van der Waals surface area (Å²) in [6, 6.07) is 3.34. The van der Waals surface area contributed by atoms with E-state index in [0.717, 1.165) is 13.2 Å². The molecule has 0 saturated heterocycles. The van der Waals surface area contributed by atoms with Crippen molar-refractivity contribution in [1.82, 2.24) is 0 Å². The maximum absolute atomic E-state index is 12.6. The van der Waals surface area contributed by atoms with Crippen LogP contribution in [0.15, 0.2) is 18.2 Å². The third-order valence-corrected chi connectivity index (χ3v) is 2.34. The molecule has 0 aliphatic heterocycles. The number of carbonyl (C=O) groups excluding carboxylic acids is 1. The van der Waals surface area contributed by atoms with Gasteiger partial charge in [0.2, 0.25) is 0 Å². The van der Waals surface area contributed by atoms with E-state index in [2.05, 4.69) is 4.74 Å². The number of alkyl halides is 4. The highest BCUT2D eigenvalue weighted by Crippen LogP contribution is 2.38. The predicted octanol–water partition coefficient (Wildman–Crippen LogP) is 3.53. The lowest BCUT2D eigenvalue weighted by molar-refractivity contribution is -0.138. The Labute approximate surface area is 101 Å². The van der Waals surface area contributed by atoms with Gasteiger partial charge in [-0.15, -0.1) is 11.6 Å². The zero-order valence-corrected chi connectivity index (χ0v) is 9.73. The van der Waals surface area contributed by atoms with Crippen molar-refractivity contribution >= 4 is 17.4 Å². The highest BCUT2D eigenvalue weighted by Gasteiger charge is 2.35. The van der Waals surface area contributed by atoms with E-state index < -0.39 is 23.3 Å². The summed E-state index contributed by atoms with van der Waals surface area (Å²) in [5, 5.41) is 0. The second-order valence-corrected chi connectivity index (χ2v) is 3.62. The van der Waals surface area contributed by atoms with Gasteiger partial charge in [-0.1, -0.05) is 6.07 Å². The Morgan fingerprint density at radius 2 is 2.06 bits per heavy atom. The number of benzene rings is 1. The molecule has 1 rings (SSSR count). The number of methoxy groups -OCH3 is 1. The molecule has 1 aromatic rings. The first-order valence-corrected chi connectivity index (χ1v) is 5.28. The molecule has 2 nitrogen and oxygen atoms in total. The van der Waals surface area contributed by atoms with E-state index in [0.29, 0.717) is 0 Å². The number of ketones is 1. The van der Waals surface area contributed by atoms with E-state index >= 15 is 0 Å². The number of hydrogen-bond acceptors (Lipinski definition) is 2. The molecule has 0 atom stereocenters. The molecule has 0 saturated carbocycles. The van der Waals surface area contributed by atoms with Crippen molar-refractivity contribution in [3.05, 3.63) is 29.3 Å². The standard InChI is InChI=1S/C11H10ClF3O2/c1-17-10-7(9(16)5-6-12)3-2-4-8(10)11(13,14)15/h2-4H,5-6H2,1H3. The van der Waals surface area contributed by atoms with Crippen LogP contribution in [0.4, 0.5) is 13.2 Å². The van der Waals surface area contributed by atoms with Gasteiger partial charge in [0.25, 0.3) is 0 Å². The predicted molar refractivity (Wildman–Crippen MR) is 57.7 cm³/mol. The van der Waals surface area contributed by atoms with Crippen LogP contribution < -0.4 is 4.74 Å². The summed E-state index contributed by atoms with van der Waals surface area (Å²) >= 11 is 5.39. The van der Waals surface area contributed by atoms with Crippen molar-refractivity contribution in [2.24, 2.45) is 0 Å². The second kappa shape index (κ2) is 5.40. The highest BCUT2D eigenvalue weighted by atomic mass is 35.5. The quantitative estimate of drug-likeness (QED) is 0.616. The van der Waals surface area contributed by atoms with Crippen molar-refractivity contribution in [3.63, 3.8) is 0 Å². The van der Waals surface area contributed by atoms with Crippen LogP contribution in [0, 0.1) is 0 Å². The summed E-state index contributed by atoms with van der Waals surface area (Å²) in [5.41, 5.74) is -1.05. The highest BCUT2D eigenvalue weighted by molar-refractivity contribution is 6.19. The van der Waals surface area contributed by atoms with Gasteiger partial charge in [0.05, 0.1) is 18.2 Å². The fraction of sp³-hybridized carbons (Fsp3) is 0.364. The van der Waals surface area contributed by atoms with E-state index in [4.69, 9.17) is 11.6 Å². The maximum atomic E-state index is 12.6. The molecule has 0 radical (unpaired) electrons. The molecule has 0 spiro atoms. The first-order chi connectivity index (χ1) is 7.91. The minimum atomic E-state index is -4.55. The lowest BCUT2D eigenvalue weighted by atomic mass is 10.0. The molecule has 0 aromatic heterocycles. The molecule has 1 aromatic carbocycles. The lowest BCUT2D eigenvalue weighted by Gasteiger charge is -2.14. The molecule has 17 heavy (non-hydrogen) atoms. The number of para-hydroxylation sites is 1. The number of rotatable bonds is 4. The Kier molecular flexibility index (Phi) is 4.40. The zero-order chi connectivity index (χ0) is 13.1. The van der Waals surface area contributed by atoms with Crippen LogP contribution in [0.5, 0.6) is 5.75 Å². The largest absolute Gasteiger partial charge is 0.495 e. The smallest absolute Gasteiger partial charge is 0.419 e. The molecular weight excluding hydrogens is 257 g/mol. The van der Waals surface area contributed by atoms with Crippen molar-refractivity contribution in [2.75, 3.05) is 13.0 Å². The average molecular weight is 267 g/mol. The first kappa shape index (κ1) is 13.8. The van der Waals surface area contributed by atoms with Crippen LogP contribution in [0.3, 0.4) is 0 Å². The third-order valence-electron chi connectivity index (χ3n) is 2.15. The number of Topliss-reactive ketones (excluding diaryl/α,β-unsaturated/α-hetero) is 1. The molecule has 0 heterocycles. The Morgan fingerprint density at radius 3 is 2.53 bits per heavy atom. The zero-order valence-electron chi connectivity index (χ0n) is 8.97. The average Bonchev–Trinajstić information content (AvgIpc) is 2.27. The summed E-state index contributed by atoms with van der Waals surface area (Å²) in [4.78, 5) is 11.6. The number of carbonyl (C=O) groups is 1. The van der Waals surface area contributed by atoms with E-state index in [1.807, 2.05) is 0 Å². The molecular formula is C11H10ClF3O2. The van der Waals surface area contributed by atoms with E-state index in [1.165, 1.54) is 12.1 Å². The molecule has 0 fully saturated rings. The van der Waals surface area contributed by atoms with Gasteiger partial charge < -0.3 is 4.74 Å². The molecule has 94 valence electrons. The molecule has 6 heteroatoms. The van der Waals surface area contributed by atoms with Gasteiger partial charge in [0, 0.05) is 12.3 Å². The topological polar surface area (TPSA) is 26.3 Å². The molecule has 0 aliphatic rings. The number of halogens is 4. The van der Waals surface area contributed by atoms with Gasteiger partial charge in [-0.2, -0.15) is 13.2 Å². The van der Waals surface area contributed by atoms with Crippen molar-refractivity contribution in [2.45, 2.75) is 12.6 Å². The Bertz CT molecular complexity index is 416. The second-order valence-electron chi connectivity index (χ2n) is 3.25. The Morgan fingerprint density at radius 1 is 1.41 bits per heavy atom. The maximum Gasteiger partial charge on any atom is 0.419 e. The SMILES string of the molecule is COc1c(C(=O)CCCl)cccc1C(F)(F)F. The minimum absolute atomic E-state index is 0.0285. The van der Waals surface area contributed by atoms with Crippen LogP contribution >= 0.6 is 11.6 Å². The van der Waals surface area contributed by atoms with Crippen molar-refractivity contribution < 1.29 is 22.7 Å². The molecule has 0 bridgehead atoms. The van der Waals surface area contributed by atoms with Crippen LogP contribution in [0.1, 0.15) is 22.3 Å². The van der Waals surface area contributed by atoms with Crippen LogP contribution in [0.2, 0.25) is 0 Å². The normalized spacial score (nSPS) is 11.4. The lowest BCUT2D eigenvalue weighted by Crippen LogP contribution is -2.11.